The highest BCUT2D eigenvalue weighted by Gasteiger charge is 2.14. The molecule has 0 spiro atoms. The van der Waals surface area contributed by atoms with E-state index < -0.39 is 11.6 Å². The Kier molecular flexibility index (Phi) is 4.62. The van der Waals surface area contributed by atoms with Crippen LogP contribution in [0.15, 0.2) is 28.7 Å². The Balaban J connectivity index is 2.32. The van der Waals surface area contributed by atoms with Crippen LogP contribution in [0.1, 0.15) is 13.8 Å². The fraction of sp³-hybridized carbons (Fsp3) is 0.214. The number of rotatable bonds is 4. The maximum atomic E-state index is 13.7. The van der Waals surface area contributed by atoms with E-state index in [9.17, 15) is 8.78 Å². The normalized spacial score (nSPS) is 10.8. The van der Waals surface area contributed by atoms with Crippen LogP contribution in [0.25, 0.3) is 0 Å². The monoisotopic (exact) mass is 358 g/mol. The van der Waals surface area contributed by atoms with Crippen LogP contribution in [0.5, 0.6) is 17.5 Å². The summed E-state index contributed by atoms with van der Waals surface area (Å²) in [7, 11) is 0. The van der Waals surface area contributed by atoms with Crippen molar-refractivity contribution in [3.05, 3.63) is 40.4 Å². The van der Waals surface area contributed by atoms with E-state index in [1.54, 1.807) is 0 Å². The van der Waals surface area contributed by atoms with Crippen LogP contribution < -0.4 is 15.2 Å². The molecule has 0 saturated carbocycles. The molecule has 2 rings (SSSR count). The summed E-state index contributed by atoms with van der Waals surface area (Å²) in [6, 6.07) is 5.28. The third-order valence-corrected chi connectivity index (χ3v) is 2.84. The van der Waals surface area contributed by atoms with Crippen LogP contribution in [-0.2, 0) is 0 Å². The molecule has 21 heavy (non-hydrogen) atoms. The van der Waals surface area contributed by atoms with E-state index in [4.69, 9.17) is 15.2 Å². The Hall–Kier alpha value is -1.89. The third-order valence-electron chi connectivity index (χ3n) is 2.39. The summed E-state index contributed by atoms with van der Waals surface area (Å²) < 4.78 is 38.0. The first kappa shape index (κ1) is 15.5. The van der Waals surface area contributed by atoms with Crippen molar-refractivity contribution in [2.75, 3.05) is 5.73 Å². The van der Waals surface area contributed by atoms with E-state index in [-0.39, 0.29) is 23.6 Å². The maximum absolute atomic E-state index is 13.7. The first-order valence-corrected chi connectivity index (χ1v) is 6.91. The molecule has 0 aliphatic rings. The van der Waals surface area contributed by atoms with Crippen molar-refractivity contribution in [3.63, 3.8) is 0 Å². The van der Waals surface area contributed by atoms with Crippen LogP contribution in [0.2, 0.25) is 0 Å². The van der Waals surface area contributed by atoms with Gasteiger partial charge in [0.15, 0.2) is 11.6 Å². The molecule has 2 aromatic rings. The first-order chi connectivity index (χ1) is 9.86. The molecule has 1 aromatic heterocycles. The third kappa shape index (κ3) is 3.81. The number of halogens is 3. The molecule has 0 aliphatic heterocycles. The number of hydrogen-bond acceptors (Lipinski definition) is 4. The van der Waals surface area contributed by atoms with Crippen LogP contribution in [-0.4, -0.2) is 11.1 Å². The van der Waals surface area contributed by atoms with E-state index in [0.29, 0.717) is 10.2 Å². The summed E-state index contributed by atoms with van der Waals surface area (Å²) in [6.45, 7) is 3.63. The van der Waals surface area contributed by atoms with Crippen LogP contribution in [0.3, 0.4) is 0 Å². The minimum Gasteiger partial charge on any atom is -0.473 e. The summed E-state index contributed by atoms with van der Waals surface area (Å²) in [5.74, 6) is -2.17. The van der Waals surface area contributed by atoms with Crippen LogP contribution >= 0.6 is 15.9 Å². The average molecular weight is 359 g/mol. The molecule has 1 heterocycles. The van der Waals surface area contributed by atoms with Crippen molar-refractivity contribution >= 4 is 21.6 Å². The van der Waals surface area contributed by atoms with E-state index in [1.807, 2.05) is 13.8 Å². The lowest BCUT2D eigenvalue weighted by Crippen LogP contribution is -2.09. The molecule has 0 bridgehead atoms. The van der Waals surface area contributed by atoms with Gasteiger partial charge in [0, 0.05) is 10.5 Å². The van der Waals surface area contributed by atoms with E-state index in [0.717, 1.165) is 6.07 Å². The zero-order valence-corrected chi connectivity index (χ0v) is 12.9. The topological polar surface area (TPSA) is 57.4 Å². The predicted octanol–water partition coefficient (Wildman–Crippen LogP) is 4.28. The number of hydrogen-bond donors (Lipinski definition) is 1. The van der Waals surface area contributed by atoms with Gasteiger partial charge >= 0.3 is 0 Å². The van der Waals surface area contributed by atoms with Gasteiger partial charge in [0.05, 0.1) is 11.8 Å². The summed E-state index contributed by atoms with van der Waals surface area (Å²) >= 11 is 3.07. The molecule has 7 heteroatoms. The smallest absolute Gasteiger partial charge is 0.240 e. The fourth-order valence-corrected chi connectivity index (χ4v) is 1.94. The van der Waals surface area contributed by atoms with Crippen molar-refractivity contribution in [1.82, 2.24) is 4.98 Å². The number of benzene rings is 1. The van der Waals surface area contributed by atoms with Crippen molar-refractivity contribution < 1.29 is 18.3 Å². The average Bonchev–Trinajstić information content (AvgIpc) is 2.38. The second-order valence-corrected chi connectivity index (χ2v) is 5.43. The summed E-state index contributed by atoms with van der Waals surface area (Å²) in [5, 5.41) is 0. The highest BCUT2D eigenvalue weighted by atomic mass is 79.9. The highest BCUT2D eigenvalue weighted by molar-refractivity contribution is 9.10. The van der Waals surface area contributed by atoms with Crippen LogP contribution in [0.4, 0.5) is 14.5 Å². The minimum atomic E-state index is -1.09. The number of nitrogen functional groups attached to an aromatic ring is 1. The Morgan fingerprint density at radius 1 is 1.24 bits per heavy atom. The van der Waals surface area contributed by atoms with Crippen molar-refractivity contribution in [3.8, 4) is 17.5 Å². The quantitative estimate of drug-likeness (QED) is 0.828. The second-order valence-electron chi connectivity index (χ2n) is 4.51. The van der Waals surface area contributed by atoms with E-state index >= 15 is 0 Å². The van der Waals surface area contributed by atoms with Gasteiger partial charge in [-0.25, -0.2) is 4.39 Å². The number of anilines is 1. The number of nitrogens with zero attached hydrogens (tertiary/aromatic N) is 1. The maximum Gasteiger partial charge on any atom is 0.240 e. The summed E-state index contributed by atoms with van der Waals surface area (Å²) in [6.07, 6.45) is -0.130. The van der Waals surface area contributed by atoms with Gasteiger partial charge in [0.25, 0.3) is 0 Å². The molecule has 0 atom stereocenters. The predicted molar refractivity (Wildman–Crippen MR) is 78.5 cm³/mol. The van der Waals surface area contributed by atoms with Gasteiger partial charge in [-0.3, -0.25) is 0 Å². The summed E-state index contributed by atoms with van der Waals surface area (Å²) in [4.78, 5) is 4.03. The second kappa shape index (κ2) is 6.26. The van der Waals surface area contributed by atoms with Crippen LogP contribution in [0, 0.1) is 11.6 Å². The number of pyridine rings is 1. The van der Waals surface area contributed by atoms with E-state index in [2.05, 4.69) is 20.9 Å². The molecule has 112 valence electrons. The van der Waals surface area contributed by atoms with Crippen molar-refractivity contribution in [2.24, 2.45) is 0 Å². The molecule has 4 nitrogen and oxygen atoms in total. The van der Waals surface area contributed by atoms with Gasteiger partial charge in [-0.1, -0.05) is 15.9 Å². The molecule has 0 radical (unpaired) electrons. The summed E-state index contributed by atoms with van der Waals surface area (Å²) in [5.41, 5.74) is 6.06. The Labute approximate surface area is 129 Å². The van der Waals surface area contributed by atoms with Crippen molar-refractivity contribution in [1.29, 1.82) is 0 Å². The van der Waals surface area contributed by atoms with Gasteiger partial charge in [0.1, 0.15) is 0 Å². The lowest BCUT2D eigenvalue weighted by molar-refractivity contribution is 0.231. The zero-order chi connectivity index (χ0) is 15.6. The SMILES string of the molecule is CC(C)Oc1nc(Oc2cc(Br)cc(F)c2F)ccc1N. The van der Waals surface area contributed by atoms with Gasteiger partial charge in [-0.05, 0) is 32.0 Å². The standard InChI is InChI=1S/C14H13BrF2N2O2/c1-7(2)20-14-10(18)3-4-12(19-14)21-11-6-8(15)5-9(16)13(11)17/h3-7H,18H2,1-2H3. The molecule has 1 aromatic carbocycles. The highest BCUT2D eigenvalue weighted by Crippen LogP contribution is 2.31. The minimum absolute atomic E-state index is 0.0521. The molecule has 0 saturated heterocycles. The lowest BCUT2D eigenvalue weighted by atomic mass is 10.3. The van der Waals surface area contributed by atoms with Gasteiger partial charge in [-0.2, -0.15) is 9.37 Å². The molecule has 0 amide bonds. The van der Waals surface area contributed by atoms with Gasteiger partial charge in [-0.15, -0.1) is 0 Å². The number of nitrogens with two attached hydrogens (primary N) is 1. The Morgan fingerprint density at radius 2 is 1.95 bits per heavy atom. The fourth-order valence-electron chi connectivity index (χ4n) is 1.53. The van der Waals surface area contributed by atoms with E-state index in [1.165, 1.54) is 18.2 Å². The van der Waals surface area contributed by atoms with Crippen molar-refractivity contribution in [2.45, 2.75) is 20.0 Å². The zero-order valence-electron chi connectivity index (χ0n) is 11.4. The first-order valence-electron chi connectivity index (χ1n) is 6.12. The van der Waals surface area contributed by atoms with Gasteiger partial charge < -0.3 is 15.2 Å². The molecule has 0 fully saturated rings. The molecule has 2 N–H and O–H groups in total. The molecule has 0 unspecified atom stereocenters. The number of ether oxygens (including phenoxy) is 2. The Morgan fingerprint density at radius 3 is 2.62 bits per heavy atom. The van der Waals surface area contributed by atoms with Gasteiger partial charge in [0.2, 0.25) is 17.6 Å². The largest absolute Gasteiger partial charge is 0.473 e. The Bertz CT molecular complexity index is 666. The number of aromatic nitrogens is 1. The molecular weight excluding hydrogens is 346 g/mol. The molecule has 0 aliphatic carbocycles. The lowest BCUT2D eigenvalue weighted by Gasteiger charge is -2.13. The molecular formula is C14H13BrF2N2O2.